The van der Waals surface area contributed by atoms with Gasteiger partial charge in [0.25, 0.3) is 5.95 Å². The van der Waals surface area contributed by atoms with E-state index in [0.29, 0.717) is 16.6 Å². The van der Waals surface area contributed by atoms with Gasteiger partial charge >= 0.3 is 7.12 Å². The fraction of sp³-hybridized carbons (Fsp3) is 0.462. The smallest absolute Gasteiger partial charge is 0.399 e. The van der Waals surface area contributed by atoms with Gasteiger partial charge in [0, 0.05) is 24.1 Å². The number of halogens is 1. The highest BCUT2D eigenvalue weighted by atomic mass is 35.5. The molecule has 0 N–H and O–H groups in total. The van der Waals surface area contributed by atoms with Crippen molar-refractivity contribution in [3.05, 3.63) is 29.8 Å². The van der Waals surface area contributed by atoms with Crippen LogP contribution in [0.25, 0.3) is 5.95 Å². The molecule has 0 unspecified atom stereocenters. The molecule has 3 rings (SSSR count). The first-order valence-corrected chi connectivity index (χ1v) is 7.06. The second-order valence-corrected chi connectivity index (χ2v) is 6.31. The highest BCUT2D eigenvalue weighted by Gasteiger charge is 2.52. The summed E-state index contributed by atoms with van der Waals surface area (Å²) in [6.45, 7) is 7.94. The van der Waals surface area contributed by atoms with Crippen LogP contribution in [0.2, 0.25) is 5.15 Å². The van der Waals surface area contributed by atoms with Crippen molar-refractivity contribution in [2.45, 2.75) is 38.9 Å². The molecule has 1 aliphatic heterocycles. The molecule has 0 spiro atoms. The van der Waals surface area contributed by atoms with Gasteiger partial charge in [-0.15, -0.1) is 0 Å². The lowest BCUT2D eigenvalue weighted by molar-refractivity contribution is 0.00578. The van der Waals surface area contributed by atoms with Gasteiger partial charge in [0.15, 0.2) is 0 Å². The third-order valence-electron chi connectivity index (χ3n) is 3.97. The molecule has 0 saturated carbocycles. The minimum atomic E-state index is -0.575. The molecular formula is C13H16BClN4O2. The second kappa shape index (κ2) is 4.79. The zero-order valence-electron chi connectivity index (χ0n) is 12.4. The molecule has 0 bridgehead atoms. The van der Waals surface area contributed by atoms with Crippen LogP contribution < -0.4 is 5.46 Å². The van der Waals surface area contributed by atoms with Crippen molar-refractivity contribution in [3.63, 3.8) is 0 Å². The van der Waals surface area contributed by atoms with E-state index < -0.39 is 18.3 Å². The Bertz CT molecular complexity index is 644. The molecule has 21 heavy (non-hydrogen) atoms. The lowest BCUT2D eigenvalue weighted by Crippen LogP contribution is -2.41. The van der Waals surface area contributed by atoms with Crippen molar-refractivity contribution in [1.82, 2.24) is 19.7 Å². The molecule has 1 fully saturated rings. The molecule has 0 amide bonds. The fourth-order valence-corrected chi connectivity index (χ4v) is 2.20. The van der Waals surface area contributed by atoms with Crippen LogP contribution in [0.4, 0.5) is 0 Å². The minimum Gasteiger partial charge on any atom is -0.399 e. The van der Waals surface area contributed by atoms with E-state index in [4.69, 9.17) is 20.9 Å². The maximum Gasteiger partial charge on any atom is 0.499 e. The Morgan fingerprint density at radius 1 is 1.19 bits per heavy atom. The molecule has 0 radical (unpaired) electrons. The quantitative estimate of drug-likeness (QED) is 0.623. The van der Waals surface area contributed by atoms with E-state index in [1.54, 1.807) is 29.3 Å². The molecule has 1 saturated heterocycles. The zero-order chi connectivity index (χ0) is 15.3. The Kier molecular flexibility index (Phi) is 3.31. The van der Waals surface area contributed by atoms with Gasteiger partial charge in [-0.05, 0) is 33.8 Å². The molecule has 2 aromatic heterocycles. The van der Waals surface area contributed by atoms with Crippen LogP contribution in [0.15, 0.2) is 24.7 Å². The summed E-state index contributed by atoms with van der Waals surface area (Å²) in [7, 11) is -0.575. The monoisotopic (exact) mass is 306 g/mol. The van der Waals surface area contributed by atoms with Crippen LogP contribution in [-0.4, -0.2) is 38.1 Å². The number of rotatable bonds is 2. The highest BCUT2D eigenvalue weighted by Crippen LogP contribution is 2.36. The van der Waals surface area contributed by atoms with Crippen LogP contribution in [0.5, 0.6) is 0 Å². The van der Waals surface area contributed by atoms with Crippen molar-refractivity contribution in [3.8, 4) is 5.95 Å². The molecule has 2 aromatic rings. The third kappa shape index (κ3) is 2.45. The second-order valence-electron chi connectivity index (χ2n) is 5.96. The van der Waals surface area contributed by atoms with Crippen LogP contribution in [0, 0.1) is 0 Å². The van der Waals surface area contributed by atoms with Gasteiger partial charge in [0.1, 0.15) is 5.15 Å². The zero-order valence-corrected chi connectivity index (χ0v) is 13.1. The molecule has 3 heterocycles. The summed E-state index contributed by atoms with van der Waals surface area (Å²) in [5.41, 5.74) is -0.241. The topological polar surface area (TPSA) is 62.1 Å². The van der Waals surface area contributed by atoms with E-state index in [9.17, 15) is 0 Å². The summed E-state index contributed by atoms with van der Waals surface area (Å²) in [6, 6.07) is 1.79. The lowest BCUT2D eigenvalue weighted by Gasteiger charge is -2.32. The van der Waals surface area contributed by atoms with E-state index >= 15 is 0 Å². The maximum absolute atomic E-state index is 6.26. The summed E-state index contributed by atoms with van der Waals surface area (Å²) in [5.74, 6) is 0.408. The Balaban J connectivity index is 1.91. The minimum absolute atomic E-state index is 0.300. The van der Waals surface area contributed by atoms with Gasteiger partial charge in [-0.25, -0.2) is 9.67 Å². The summed E-state index contributed by atoms with van der Waals surface area (Å²) in [6.07, 6.45) is 5.02. The Hall–Kier alpha value is -1.44. The molecule has 0 atom stereocenters. The predicted octanol–water partition coefficient (Wildman–Crippen LogP) is 1.61. The van der Waals surface area contributed by atoms with E-state index in [-0.39, 0.29) is 0 Å². The number of nitrogens with zero attached hydrogens (tertiary/aromatic N) is 4. The van der Waals surface area contributed by atoms with Crippen molar-refractivity contribution in [2.24, 2.45) is 0 Å². The first-order chi connectivity index (χ1) is 9.80. The van der Waals surface area contributed by atoms with Crippen LogP contribution in [-0.2, 0) is 9.31 Å². The molecule has 0 aliphatic carbocycles. The SMILES string of the molecule is CC1(C)OB(c2cnc(-n3cccn3)nc2Cl)OC1(C)C. The predicted molar refractivity (Wildman–Crippen MR) is 79.9 cm³/mol. The summed E-state index contributed by atoms with van der Waals surface area (Å²) in [4.78, 5) is 8.52. The fourth-order valence-electron chi connectivity index (χ4n) is 1.99. The molecular weight excluding hydrogens is 290 g/mol. The Morgan fingerprint density at radius 2 is 1.86 bits per heavy atom. The van der Waals surface area contributed by atoms with E-state index in [1.165, 1.54) is 0 Å². The summed E-state index contributed by atoms with van der Waals surface area (Å²) in [5, 5.41) is 4.37. The molecule has 0 aromatic carbocycles. The van der Waals surface area contributed by atoms with E-state index in [1.807, 2.05) is 27.7 Å². The first kappa shape index (κ1) is 14.5. The lowest BCUT2D eigenvalue weighted by atomic mass is 9.81. The maximum atomic E-state index is 6.26. The van der Waals surface area contributed by atoms with Gasteiger partial charge < -0.3 is 9.31 Å². The molecule has 6 nitrogen and oxygen atoms in total. The van der Waals surface area contributed by atoms with Crippen LogP contribution in [0.3, 0.4) is 0 Å². The largest absolute Gasteiger partial charge is 0.499 e. The van der Waals surface area contributed by atoms with Crippen molar-refractivity contribution >= 4 is 24.2 Å². The van der Waals surface area contributed by atoms with Gasteiger partial charge in [0.05, 0.1) is 11.2 Å². The number of hydrogen-bond donors (Lipinski definition) is 0. The van der Waals surface area contributed by atoms with Crippen LogP contribution >= 0.6 is 11.6 Å². The first-order valence-electron chi connectivity index (χ1n) is 6.68. The number of hydrogen-bond acceptors (Lipinski definition) is 5. The van der Waals surface area contributed by atoms with Crippen LogP contribution in [0.1, 0.15) is 27.7 Å². The summed E-state index contributed by atoms with van der Waals surface area (Å²) >= 11 is 6.26. The van der Waals surface area contributed by atoms with Crippen molar-refractivity contribution in [2.75, 3.05) is 0 Å². The summed E-state index contributed by atoms with van der Waals surface area (Å²) < 4.78 is 13.4. The Morgan fingerprint density at radius 3 is 2.38 bits per heavy atom. The molecule has 110 valence electrons. The van der Waals surface area contributed by atoms with Gasteiger partial charge in [0.2, 0.25) is 0 Å². The number of aromatic nitrogens is 4. The van der Waals surface area contributed by atoms with Crippen molar-refractivity contribution in [1.29, 1.82) is 0 Å². The average molecular weight is 307 g/mol. The normalized spacial score (nSPS) is 20.0. The Labute approximate surface area is 128 Å². The van der Waals surface area contributed by atoms with E-state index in [2.05, 4.69) is 15.1 Å². The van der Waals surface area contributed by atoms with E-state index in [0.717, 1.165) is 0 Å². The van der Waals surface area contributed by atoms with Crippen molar-refractivity contribution < 1.29 is 9.31 Å². The third-order valence-corrected chi connectivity index (χ3v) is 4.27. The highest BCUT2D eigenvalue weighted by molar-refractivity contribution is 6.65. The molecule has 8 heteroatoms. The van der Waals surface area contributed by atoms with Gasteiger partial charge in [-0.1, -0.05) is 11.6 Å². The average Bonchev–Trinajstić information content (AvgIpc) is 2.96. The standard InChI is InChI=1S/C13H16BClN4O2/c1-12(2)13(3,4)21-14(20-12)9-8-16-11(18-10(9)15)19-7-5-6-17-19/h5-8H,1-4H3. The van der Waals surface area contributed by atoms with Gasteiger partial charge in [-0.2, -0.15) is 10.1 Å². The molecule has 1 aliphatic rings. The van der Waals surface area contributed by atoms with Gasteiger partial charge in [-0.3, -0.25) is 0 Å².